The van der Waals surface area contributed by atoms with Crippen molar-refractivity contribution in [2.24, 2.45) is 0 Å². The minimum Gasteiger partial charge on any atom is -0.493 e. The lowest BCUT2D eigenvalue weighted by molar-refractivity contribution is 0.0781. The molecule has 94 valence electrons. The predicted octanol–water partition coefficient (Wildman–Crippen LogP) is 3.23. The maximum atomic E-state index is 10.0. The average molecular weight is 301 g/mol. The first kappa shape index (κ1) is 12.7. The molecule has 1 fully saturated rings. The fraction of sp³-hybridized carbons (Fsp3) is 0.538. The number of hydrogen-bond acceptors (Lipinski definition) is 3. The number of hydrogen-bond donors (Lipinski definition) is 1. The van der Waals surface area contributed by atoms with Crippen LogP contribution >= 0.6 is 15.9 Å². The van der Waals surface area contributed by atoms with Gasteiger partial charge in [0.25, 0.3) is 0 Å². The second kappa shape index (κ2) is 4.50. The van der Waals surface area contributed by atoms with Crippen molar-refractivity contribution in [3.63, 3.8) is 0 Å². The van der Waals surface area contributed by atoms with Crippen molar-refractivity contribution >= 4 is 15.9 Å². The molecule has 1 aliphatic carbocycles. The van der Waals surface area contributed by atoms with Gasteiger partial charge in [0.15, 0.2) is 11.5 Å². The molecule has 0 heterocycles. The Hall–Kier alpha value is -0.740. The summed E-state index contributed by atoms with van der Waals surface area (Å²) in [6.07, 6.45) is 2.51. The Morgan fingerprint density at radius 2 is 2.00 bits per heavy atom. The van der Waals surface area contributed by atoms with E-state index in [4.69, 9.17) is 9.47 Å². The maximum Gasteiger partial charge on any atom is 0.175 e. The molecule has 1 saturated carbocycles. The highest BCUT2D eigenvalue weighted by molar-refractivity contribution is 9.10. The molecule has 0 spiro atoms. The van der Waals surface area contributed by atoms with E-state index in [0.717, 1.165) is 28.6 Å². The zero-order chi connectivity index (χ0) is 12.6. The molecular weight excluding hydrogens is 284 g/mol. The van der Waals surface area contributed by atoms with E-state index in [1.807, 2.05) is 12.1 Å². The van der Waals surface area contributed by atoms with Crippen LogP contribution in [0.3, 0.4) is 0 Å². The van der Waals surface area contributed by atoms with Gasteiger partial charge in [0.2, 0.25) is 0 Å². The highest BCUT2D eigenvalue weighted by Gasteiger charge is 2.27. The van der Waals surface area contributed by atoms with Crippen molar-refractivity contribution < 1.29 is 14.6 Å². The lowest BCUT2D eigenvalue weighted by atomic mass is 9.98. The molecule has 2 rings (SSSR count). The number of methoxy groups -OCH3 is 1. The van der Waals surface area contributed by atoms with Gasteiger partial charge in [0.05, 0.1) is 23.3 Å². The molecule has 0 amide bonds. The molecule has 0 saturated heterocycles. The van der Waals surface area contributed by atoms with Gasteiger partial charge in [-0.15, -0.1) is 0 Å². The van der Waals surface area contributed by atoms with E-state index in [0.29, 0.717) is 11.9 Å². The number of aliphatic hydroxyl groups is 1. The highest BCUT2D eigenvalue weighted by Crippen LogP contribution is 2.42. The first-order valence-electron chi connectivity index (χ1n) is 5.69. The van der Waals surface area contributed by atoms with Crippen LogP contribution in [0, 0.1) is 0 Å². The zero-order valence-electron chi connectivity index (χ0n) is 10.3. The van der Waals surface area contributed by atoms with E-state index in [2.05, 4.69) is 15.9 Å². The van der Waals surface area contributed by atoms with Crippen LogP contribution in [0.2, 0.25) is 0 Å². The Morgan fingerprint density at radius 1 is 1.35 bits per heavy atom. The van der Waals surface area contributed by atoms with Gasteiger partial charge in [-0.2, -0.15) is 0 Å². The molecule has 1 aliphatic rings. The number of rotatable bonds is 4. The Bertz CT molecular complexity index is 419. The summed E-state index contributed by atoms with van der Waals surface area (Å²) >= 11 is 3.47. The molecule has 1 N–H and O–H groups in total. The van der Waals surface area contributed by atoms with Gasteiger partial charge in [-0.05, 0) is 60.3 Å². The van der Waals surface area contributed by atoms with Gasteiger partial charge in [0, 0.05) is 0 Å². The van der Waals surface area contributed by atoms with Crippen LogP contribution in [0.15, 0.2) is 16.6 Å². The molecular formula is C13H17BrO3. The second-order valence-electron chi connectivity index (χ2n) is 4.87. The molecule has 1 aromatic rings. The van der Waals surface area contributed by atoms with Gasteiger partial charge >= 0.3 is 0 Å². The van der Waals surface area contributed by atoms with E-state index >= 15 is 0 Å². The lowest BCUT2D eigenvalue weighted by Crippen LogP contribution is -2.16. The third kappa shape index (κ3) is 2.93. The minimum absolute atomic E-state index is 0.313. The van der Waals surface area contributed by atoms with Crippen LogP contribution in [0.25, 0.3) is 0 Å². The van der Waals surface area contributed by atoms with Gasteiger partial charge < -0.3 is 14.6 Å². The van der Waals surface area contributed by atoms with Crippen molar-refractivity contribution in [1.29, 1.82) is 0 Å². The van der Waals surface area contributed by atoms with Gasteiger partial charge in [-0.1, -0.05) is 0 Å². The Balaban J connectivity index is 2.39. The average Bonchev–Trinajstić information content (AvgIpc) is 3.03. The standard InChI is InChI=1S/C13H17BrO3/c1-13(2,15)8-6-10(14)12(11(7-8)16-3)17-9-4-5-9/h6-7,9,15H,4-5H2,1-3H3. The van der Waals surface area contributed by atoms with Crippen molar-refractivity contribution in [2.45, 2.75) is 38.4 Å². The summed E-state index contributed by atoms with van der Waals surface area (Å²) < 4.78 is 11.9. The zero-order valence-corrected chi connectivity index (χ0v) is 11.9. The summed E-state index contributed by atoms with van der Waals surface area (Å²) in [4.78, 5) is 0. The number of halogens is 1. The van der Waals surface area contributed by atoms with E-state index in [1.165, 1.54) is 0 Å². The Labute approximate surface area is 110 Å². The fourth-order valence-corrected chi connectivity index (χ4v) is 2.08. The third-order valence-corrected chi connectivity index (χ3v) is 3.33. The summed E-state index contributed by atoms with van der Waals surface area (Å²) in [6.45, 7) is 3.49. The van der Waals surface area contributed by atoms with Crippen molar-refractivity contribution in [2.75, 3.05) is 7.11 Å². The fourth-order valence-electron chi connectivity index (χ4n) is 1.54. The van der Waals surface area contributed by atoms with Crippen LogP contribution in [0.5, 0.6) is 11.5 Å². The minimum atomic E-state index is -0.895. The topological polar surface area (TPSA) is 38.7 Å². The Morgan fingerprint density at radius 3 is 2.47 bits per heavy atom. The summed E-state index contributed by atoms with van der Waals surface area (Å²) in [5.41, 5.74) is -0.0992. The molecule has 0 atom stereocenters. The monoisotopic (exact) mass is 300 g/mol. The molecule has 0 aromatic heterocycles. The third-order valence-electron chi connectivity index (χ3n) is 2.74. The SMILES string of the molecule is COc1cc(C(C)(C)O)cc(Br)c1OC1CC1. The number of benzene rings is 1. The first-order valence-corrected chi connectivity index (χ1v) is 6.48. The van der Waals surface area contributed by atoms with E-state index in [9.17, 15) is 5.11 Å². The van der Waals surface area contributed by atoms with Gasteiger partial charge in [-0.3, -0.25) is 0 Å². The molecule has 0 bridgehead atoms. The molecule has 0 radical (unpaired) electrons. The van der Waals surface area contributed by atoms with Crippen LogP contribution in [0.4, 0.5) is 0 Å². The first-order chi connectivity index (χ1) is 7.91. The second-order valence-corrected chi connectivity index (χ2v) is 5.72. The summed E-state index contributed by atoms with van der Waals surface area (Å²) in [7, 11) is 1.61. The predicted molar refractivity (Wildman–Crippen MR) is 69.6 cm³/mol. The molecule has 17 heavy (non-hydrogen) atoms. The largest absolute Gasteiger partial charge is 0.493 e. The van der Waals surface area contributed by atoms with Crippen LogP contribution in [-0.2, 0) is 5.60 Å². The van der Waals surface area contributed by atoms with Gasteiger partial charge in [0.1, 0.15) is 0 Å². The highest BCUT2D eigenvalue weighted by atomic mass is 79.9. The Kier molecular flexibility index (Phi) is 3.36. The summed E-state index contributed by atoms with van der Waals surface area (Å²) in [6, 6.07) is 3.70. The van der Waals surface area contributed by atoms with Crippen molar-refractivity contribution in [3.05, 3.63) is 22.2 Å². The molecule has 3 nitrogen and oxygen atoms in total. The van der Waals surface area contributed by atoms with Crippen LogP contribution in [-0.4, -0.2) is 18.3 Å². The molecule has 4 heteroatoms. The van der Waals surface area contributed by atoms with Crippen molar-refractivity contribution in [3.8, 4) is 11.5 Å². The quantitative estimate of drug-likeness (QED) is 0.928. The number of ether oxygens (including phenoxy) is 2. The van der Waals surface area contributed by atoms with Gasteiger partial charge in [-0.25, -0.2) is 0 Å². The van der Waals surface area contributed by atoms with E-state index in [1.54, 1.807) is 21.0 Å². The van der Waals surface area contributed by atoms with Crippen LogP contribution < -0.4 is 9.47 Å². The van der Waals surface area contributed by atoms with Crippen LogP contribution in [0.1, 0.15) is 32.3 Å². The summed E-state index contributed by atoms with van der Waals surface area (Å²) in [5.74, 6) is 1.38. The molecule has 0 aliphatic heterocycles. The van der Waals surface area contributed by atoms with Crippen molar-refractivity contribution in [1.82, 2.24) is 0 Å². The lowest BCUT2D eigenvalue weighted by Gasteiger charge is -2.21. The normalized spacial score (nSPS) is 15.8. The maximum absolute atomic E-state index is 10.0. The van der Waals surface area contributed by atoms with E-state index < -0.39 is 5.60 Å². The smallest absolute Gasteiger partial charge is 0.175 e. The molecule has 0 unspecified atom stereocenters. The summed E-state index contributed by atoms with van der Waals surface area (Å²) in [5, 5.41) is 10.0. The molecule has 1 aromatic carbocycles. The van der Waals surface area contributed by atoms with E-state index in [-0.39, 0.29) is 0 Å².